The number of fused-ring (bicyclic) bond motifs is 9. The molecule has 5 nitrogen and oxygen atoms in total. The number of allylic oxidation sites excluding steroid dienone is 1. The van der Waals surface area contributed by atoms with Crippen molar-refractivity contribution in [1.29, 1.82) is 0 Å². The van der Waals surface area contributed by atoms with Gasteiger partial charge in [-0.25, -0.2) is 0 Å². The zero-order chi connectivity index (χ0) is 32.8. The van der Waals surface area contributed by atoms with Crippen LogP contribution in [0.15, 0.2) is 168 Å². The molecule has 50 heavy (non-hydrogen) atoms. The monoisotopic (exact) mass is 648 g/mol. The molecule has 3 N–H and O–H groups in total. The Morgan fingerprint density at radius 1 is 0.680 bits per heavy atom. The summed E-state index contributed by atoms with van der Waals surface area (Å²) < 4.78 is 6.74. The van der Waals surface area contributed by atoms with Gasteiger partial charge in [0.25, 0.3) is 0 Å². The van der Waals surface area contributed by atoms with Crippen molar-refractivity contribution < 1.29 is 4.74 Å². The molecule has 1 fully saturated rings. The molecule has 0 radical (unpaired) electrons. The molecule has 5 aliphatic heterocycles. The minimum Gasteiger partial charge on any atom is -0.460 e. The summed E-state index contributed by atoms with van der Waals surface area (Å²) in [5, 5.41) is 11.2. The van der Waals surface area contributed by atoms with E-state index in [1.807, 2.05) is 6.20 Å². The fourth-order valence-electron chi connectivity index (χ4n) is 9.18. The number of hydrogen-bond donors (Lipinski definition) is 3. The highest BCUT2D eigenvalue weighted by Gasteiger charge is 2.60. The topological polar surface area (TPSA) is 48.3 Å². The summed E-state index contributed by atoms with van der Waals surface area (Å²) in [6, 6.07) is 47.1. The van der Waals surface area contributed by atoms with Crippen LogP contribution in [-0.4, -0.2) is 30.6 Å². The number of hydrogen-bond acceptors (Lipinski definition) is 5. The molecule has 1 spiro atoms. The molecule has 1 aliphatic carbocycles. The molecule has 0 aromatic heterocycles. The molecule has 1 saturated heterocycles. The van der Waals surface area contributed by atoms with Gasteiger partial charge in [-0.05, 0) is 74.4 Å². The molecular formula is C45H36N4O. The van der Waals surface area contributed by atoms with Crippen LogP contribution in [0.2, 0.25) is 0 Å². The highest BCUT2D eigenvalue weighted by atomic mass is 16.5. The third-order valence-corrected chi connectivity index (χ3v) is 11.6. The Kier molecular flexibility index (Phi) is 6.04. The Balaban J connectivity index is 1.05. The molecule has 5 unspecified atom stereocenters. The fraction of sp³-hybridized carbons (Fsp3) is 0.156. The van der Waals surface area contributed by atoms with Gasteiger partial charge in [0.1, 0.15) is 17.7 Å². The van der Waals surface area contributed by atoms with Crippen molar-refractivity contribution in [2.45, 2.75) is 23.7 Å². The molecular weight excluding hydrogens is 613 g/mol. The van der Waals surface area contributed by atoms with Gasteiger partial charge in [-0.15, -0.1) is 0 Å². The summed E-state index contributed by atoms with van der Waals surface area (Å²) in [4.78, 5) is 2.54. The summed E-state index contributed by atoms with van der Waals surface area (Å²) in [5.74, 6) is 2.19. The van der Waals surface area contributed by atoms with Gasteiger partial charge in [0.2, 0.25) is 0 Å². The van der Waals surface area contributed by atoms with E-state index in [-0.39, 0.29) is 17.6 Å². The van der Waals surface area contributed by atoms with Gasteiger partial charge in [-0.1, -0.05) is 115 Å². The standard InChI is InChI=1S/C45H36N4O/c1-3-10-28(11-4-1)39-24-40(48-44(47-39)29-12-5-2-6-13-29)32-15-9-14-30(22-32)31-18-19-34-33-16-7-8-17-35(33)45(36(34)23-31)37-25-46-21-20-42(37)50-43-38(45)26-49-27-41(43)49/h1-24,39,41,44,46-48H,25-27H2. The van der Waals surface area contributed by atoms with E-state index < -0.39 is 0 Å². The van der Waals surface area contributed by atoms with Crippen LogP contribution in [-0.2, 0) is 10.2 Å². The van der Waals surface area contributed by atoms with E-state index in [1.165, 1.54) is 67.0 Å². The van der Waals surface area contributed by atoms with Crippen LogP contribution in [0.25, 0.3) is 28.0 Å². The summed E-state index contributed by atoms with van der Waals surface area (Å²) in [5.41, 5.74) is 15.0. The molecule has 5 heteroatoms. The zero-order valence-corrected chi connectivity index (χ0v) is 27.6. The molecule has 5 atom stereocenters. The number of benzene rings is 5. The van der Waals surface area contributed by atoms with Crippen molar-refractivity contribution in [3.63, 3.8) is 0 Å². The molecule has 0 bridgehead atoms. The normalized spacial score (nSPS) is 26.5. The first-order chi connectivity index (χ1) is 24.8. The predicted octanol–water partition coefficient (Wildman–Crippen LogP) is 7.95. The van der Waals surface area contributed by atoms with Crippen molar-refractivity contribution in [1.82, 2.24) is 20.9 Å². The highest BCUT2D eigenvalue weighted by Crippen LogP contribution is 2.63. The lowest BCUT2D eigenvalue weighted by Gasteiger charge is -2.42. The maximum Gasteiger partial charge on any atom is 0.131 e. The first-order valence-corrected chi connectivity index (χ1v) is 17.7. The Bertz CT molecular complexity index is 2340. The Hall–Kier alpha value is -5.62. The minimum absolute atomic E-state index is 0.0200. The van der Waals surface area contributed by atoms with Crippen LogP contribution in [0.1, 0.15) is 40.0 Å². The van der Waals surface area contributed by atoms with E-state index in [4.69, 9.17) is 4.74 Å². The Morgan fingerprint density at radius 3 is 2.32 bits per heavy atom. The molecule has 0 saturated carbocycles. The maximum atomic E-state index is 6.74. The van der Waals surface area contributed by atoms with Gasteiger partial charge in [0.15, 0.2) is 0 Å². The number of ether oxygens (including phenoxy) is 1. The van der Waals surface area contributed by atoms with Crippen LogP contribution in [0.5, 0.6) is 0 Å². The third-order valence-electron chi connectivity index (χ3n) is 11.6. The highest BCUT2D eigenvalue weighted by molar-refractivity contribution is 5.89. The summed E-state index contributed by atoms with van der Waals surface area (Å²) in [6.07, 6.45) is 6.48. The summed E-state index contributed by atoms with van der Waals surface area (Å²) in [7, 11) is 0. The van der Waals surface area contributed by atoms with Gasteiger partial charge in [-0.2, -0.15) is 0 Å². The number of nitrogens with zero attached hydrogens (tertiary/aromatic N) is 1. The molecule has 242 valence electrons. The third kappa shape index (κ3) is 4.08. The lowest BCUT2D eigenvalue weighted by molar-refractivity contribution is 0.277. The Morgan fingerprint density at radius 2 is 1.44 bits per heavy atom. The lowest BCUT2D eigenvalue weighted by atomic mass is 9.64. The molecule has 5 aromatic rings. The van der Waals surface area contributed by atoms with Crippen molar-refractivity contribution in [2.75, 3.05) is 19.6 Å². The number of dihydropyridines is 1. The van der Waals surface area contributed by atoms with Crippen molar-refractivity contribution in [3.8, 4) is 22.3 Å². The maximum absolute atomic E-state index is 6.74. The zero-order valence-electron chi connectivity index (χ0n) is 27.6. The largest absolute Gasteiger partial charge is 0.460 e. The van der Waals surface area contributed by atoms with Gasteiger partial charge < -0.3 is 15.4 Å². The first kappa shape index (κ1) is 28.2. The average molecular weight is 649 g/mol. The van der Waals surface area contributed by atoms with E-state index in [0.29, 0.717) is 6.04 Å². The van der Waals surface area contributed by atoms with Gasteiger partial charge in [0, 0.05) is 42.7 Å². The summed E-state index contributed by atoms with van der Waals surface area (Å²) >= 11 is 0. The minimum atomic E-state index is -0.349. The summed E-state index contributed by atoms with van der Waals surface area (Å²) in [6.45, 7) is 2.81. The quantitative estimate of drug-likeness (QED) is 0.173. The SMILES string of the molecule is C1=CC2=C(CN1)C1(C3=C(O2)C2CN2C3)c2ccccc2-c2ccc(-c3cccc(C4=CC(c5ccccc5)NC(c5ccccc5)N4)c3)cc21. The molecule has 6 aliphatic rings. The van der Waals surface area contributed by atoms with Crippen LogP contribution >= 0.6 is 0 Å². The van der Waals surface area contributed by atoms with E-state index in [1.54, 1.807) is 0 Å². The van der Waals surface area contributed by atoms with Crippen molar-refractivity contribution in [2.24, 2.45) is 0 Å². The van der Waals surface area contributed by atoms with Crippen LogP contribution in [0.4, 0.5) is 0 Å². The molecule has 5 aromatic carbocycles. The van der Waals surface area contributed by atoms with Crippen LogP contribution < -0.4 is 16.0 Å². The van der Waals surface area contributed by atoms with E-state index in [9.17, 15) is 0 Å². The lowest BCUT2D eigenvalue weighted by Crippen LogP contribution is -2.41. The number of nitrogens with one attached hydrogen (secondary N) is 3. The number of rotatable bonds is 4. The molecule has 11 rings (SSSR count). The molecule has 0 amide bonds. The second kappa shape index (κ2) is 10.7. The second-order valence-electron chi connectivity index (χ2n) is 14.2. The predicted molar refractivity (Wildman–Crippen MR) is 198 cm³/mol. The van der Waals surface area contributed by atoms with E-state index in [0.717, 1.165) is 31.1 Å². The van der Waals surface area contributed by atoms with Gasteiger partial charge in [-0.3, -0.25) is 10.2 Å². The smallest absolute Gasteiger partial charge is 0.131 e. The average Bonchev–Trinajstić information content (AvgIpc) is 3.79. The van der Waals surface area contributed by atoms with Gasteiger partial charge in [0.05, 0.1) is 17.5 Å². The second-order valence-corrected chi connectivity index (χ2v) is 14.2. The van der Waals surface area contributed by atoms with Crippen molar-refractivity contribution >= 4 is 5.70 Å². The van der Waals surface area contributed by atoms with E-state index in [2.05, 4.69) is 160 Å². The Labute approximate surface area is 292 Å². The first-order valence-electron chi connectivity index (χ1n) is 17.7. The fourth-order valence-corrected chi connectivity index (χ4v) is 9.18. The van der Waals surface area contributed by atoms with E-state index >= 15 is 0 Å². The van der Waals surface area contributed by atoms with Crippen molar-refractivity contribution in [3.05, 3.63) is 196 Å². The van der Waals surface area contributed by atoms with Gasteiger partial charge >= 0.3 is 0 Å². The van der Waals surface area contributed by atoms with Crippen LogP contribution in [0, 0.1) is 0 Å². The molecule has 5 heterocycles. The van der Waals surface area contributed by atoms with Crippen LogP contribution in [0.3, 0.4) is 0 Å².